The van der Waals surface area contributed by atoms with Crippen LogP contribution in [0.25, 0.3) is 0 Å². The van der Waals surface area contributed by atoms with Crippen molar-refractivity contribution in [3.05, 3.63) is 60.7 Å². The van der Waals surface area contributed by atoms with E-state index in [9.17, 15) is 0 Å². The molecular weight excluding hydrogens is 1100 g/mol. The third kappa shape index (κ3) is 14.7. The summed E-state index contributed by atoms with van der Waals surface area (Å²) in [4.78, 5) is 0. The van der Waals surface area contributed by atoms with E-state index in [-0.39, 0.29) is 58.5 Å². The van der Waals surface area contributed by atoms with Crippen molar-refractivity contribution in [2.24, 2.45) is 11.8 Å². The Morgan fingerprint density at radius 3 is 1.49 bits per heavy atom. The molecule has 2 aromatic rings. The topological polar surface area (TPSA) is 73.8 Å². The first-order chi connectivity index (χ1) is 34.4. The second-order valence-corrected chi connectivity index (χ2v) is 48.9. The SMILES string of the molecule is CC[Si](CC)(CC)O[C@@H]1[C@@H](C)[C@H]([C@H](O[Si](CC)(CC)CC)[C@@]2(OC)C[C@H](O[Si](C)(C)C(C)(C)C)[C@@H](C)[C@@H](CCCCO[Si](c3ccccc3)(c3ccccc3)C(C)(C)C)O2)O[C@H](CI)[C@H]1O[Si](CC)(CC)CC. The smallest absolute Gasteiger partial charge is 0.261 e. The van der Waals surface area contributed by atoms with Crippen molar-refractivity contribution >= 4 is 74.6 Å². The Balaban J connectivity index is 1.87. The fourth-order valence-electron chi connectivity index (χ4n) is 12.2. The maximum Gasteiger partial charge on any atom is 0.261 e. The molecule has 2 fully saturated rings. The molecule has 0 N–H and O–H groups in total. The highest BCUT2D eigenvalue weighted by Crippen LogP contribution is 2.50. The lowest BCUT2D eigenvalue weighted by Crippen LogP contribution is -2.70. The Bertz CT molecular complexity index is 1820. The zero-order valence-corrected chi connectivity index (χ0v) is 57.4. The summed E-state index contributed by atoms with van der Waals surface area (Å²) >= 11 is 2.56. The van der Waals surface area contributed by atoms with Crippen LogP contribution in [0.1, 0.15) is 143 Å². The van der Waals surface area contributed by atoms with Gasteiger partial charge in [-0.1, -0.05) is 201 Å². The van der Waals surface area contributed by atoms with Gasteiger partial charge in [0.2, 0.25) is 0 Å². The van der Waals surface area contributed by atoms with Crippen LogP contribution in [-0.4, -0.2) is 108 Å². The van der Waals surface area contributed by atoms with E-state index in [1.807, 2.05) is 7.11 Å². The normalized spacial score (nSPS) is 26.5. The summed E-state index contributed by atoms with van der Waals surface area (Å²) in [5.74, 6) is -1.06. The van der Waals surface area contributed by atoms with Crippen LogP contribution in [0.15, 0.2) is 60.7 Å². The number of benzene rings is 2. The molecule has 2 aliphatic heterocycles. The second kappa shape index (κ2) is 27.9. The Morgan fingerprint density at radius 1 is 0.616 bits per heavy atom. The van der Waals surface area contributed by atoms with Gasteiger partial charge in [0, 0.05) is 36.4 Å². The van der Waals surface area contributed by atoms with E-state index in [1.54, 1.807) is 0 Å². The van der Waals surface area contributed by atoms with Gasteiger partial charge in [0.15, 0.2) is 39.1 Å². The number of unbranched alkanes of at least 4 members (excludes halogenated alkanes) is 1. The van der Waals surface area contributed by atoms with Crippen molar-refractivity contribution in [1.82, 2.24) is 0 Å². The quantitative estimate of drug-likeness (QED) is 0.0345. The summed E-state index contributed by atoms with van der Waals surface area (Å²) in [6.07, 6.45) is 1.70. The minimum Gasteiger partial charge on any atom is -0.413 e. The lowest BCUT2D eigenvalue weighted by atomic mass is 9.79. The van der Waals surface area contributed by atoms with E-state index in [0.29, 0.717) is 13.0 Å². The van der Waals surface area contributed by atoms with Crippen molar-refractivity contribution in [3.63, 3.8) is 0 Å². The predicted molar refractivity (Wildman–Crippen MR) is 331 cm³/mol. The fraction of sp³-hybridized carbons (Fsp3) is 0.797. The van der Waals surface area contributed by atoms with Crippen LogP contribution in [0.2, 0.25) is 77.6 Å². The molecule has 2 aliphatic rings. The molecule has 8 nitrogen and oxygen atoms in total. The predicted octanol–water partition coefficient (Wildman–Crippen LogP) is 15.9. The molecule has 0 saturated carbocycles. The van der Waals surface area contributed by atoms with Gasteiger partial charge in [0.05, 0.1) is 36.6 Å². The van der Waals surface area contributed by atoms with Crippen molar-refractivity contribution in [2.75, 3.05) is 18.1 Å². The third-order valence-corrected chi connectivity index (χ3v) is 43.4. The molecule has 0 amide bonds. The van der Waals surface area contributed by atoms with Gasteiger partial charge >= 0.3 is 0 Å². The molecule has 10 atom stereocenters. The number of hydrogen-bond donors (Lipinski definition) is 0. The number of rotatable bonds is 29. The number of alkyl halides is 1. The zero-order valence-electron chi connectivity index (χ0n) is 50.2. The van der Waals surface area contributed by atoms with Crippen molar-refractivity contribution in [1.29, 1.82) is 0 Å². The highest BCUT2D eigenvalue weighted by molar-refractivity contribution is 14.1. The maximum atomic E-state index is 8.03. The van der Waals surface area contributed by atoms with Gasteiger partial charge in [-0.25, -0.2) is 0 Å². The van der Waals surface area contributed by atoms with Gasteiger partial charge in [-0.2, -0.15) is 0 Å². The zero-order chi connectivity index (χ0) is 54.7. The molecule has 0 spiro atoms. The number of hydrogen-bond acceptors (Lipinski definition) is 8. The first-order valence-corrected chi connectivity index (χ1v) is 43.2. The molecule has 2 heterocycles. The number of halogens is 1. The lowest BCUT2D eigenvalue weighted by molar-refractivity contribution is -0.353. The molecular formula is C59H109IO8Si5. The Hall–Kier alpha value is -0.0656. The molecule has 0 aliphatic carbocycles. The van der Waals surface area contributed by atoms with Gasteiger partial charge < -0.3 is 36.3 Å². The highest BCUT2D eigenvalue weighted by Gasteiger charge is 2.61. The minimum absolute atomic E-state index is 0.0233. The van der Waals surface area contributed by atoms with E-state index >= 15 is 0 Å². The Kier molecular flexibility index (Phi) is 25.0. The summed E-state index contributed by atoms with van der Waals surface area (Å²) in [5, 5.41) is 2.57. The molecule has 14 heteroatoms. The Labute approximate surface area is 467 Å². The summed E-state index contributed by atoms with van der Waals surface area (Å²) in [6, 6.07) is 31.5. The van der Waals surface area contributed by atoms with Gasteiger partial charge in [-0.3, -0.25) is 0 Å². The molecule has 2 saturated heterocycles. The van der Waals surface area contributed by atoms with E-state index in [1.165, 1.54) is 10.4 Å². The summed E-state index contributed by atoms with van der Waals surface area (Å²) in [5.41, 5.74) is 0. The summed E-state index contributed by atoms with van der Waals surface area (Å²) in [7, 11) is -9.64. The first kappa shape index (κ1) is 65.5. The van der Waals surface area contributed by atoms with Crippen LogP contribution in [-0.2, 0) is 36.3 Å². The molecule has 0 aromatic heterocycles. The molecule has 0 unspecified atom stereocenters. The largest absolute Gasteiger partial charge is 0.413 e. The first-order valence-electron chi connectivity index (χ1n) is 29.3. The monoisotopic (exact) mass is 1210 g/mol. The van der Waals surface area contributed by atoms with Gasteiger partial charge in [-0.05, 0) is 107 Å². The average molecular weight is 1210 g/mol. The highest BCUT2D eigenvalue weighted by atomic mass is 127. The Morgan fingerprint density at radius 2 is 1.08 bits per heavy atom. The van der Waals surface area contributed by atoms with E-state index < -0.39 is 53.5 Å². The van der Waals surface area contributed by atoms with Gasteiger partial charge in [-0.15, -0.1) is 0 Å². The molecule has 73 heavy (non-hydrogen) atoms. The van der Waals surface area contributed by atoms with Crippen LogP contribution in [0.5, 0.6) is 0 Å². The number of methoxy groups -OCH3 is 1. The summed E-state index contributed by atoms with van der Waals surface area (Å²) < 4.78 is 62.1. The van der Waals surface area contributed by atoms with Crippen LogP contribution in [0.4, 0.5) is 0 Å². The second-order valence-electron chi connectivity index (χ2n) is 24.7. The van der Waals surface area contributed by atoms with Crippen LogP contribution < -0.4 is 10.4 Å². The fourth-order valence-corrected chi connectivity index (χ4v) is 27.5. The van der Waals surface area contributed by atoms with Gasteiger partial charge in [0.1, 0.15) is 6.10 Å². The minimum atomic E-state index is -2.68. The van der Waals surface area contributed by atoms with Crippen molar-refractivity contribution < 1.29 is 36.3 Å². The van der Waals surface area contributed by atoms with Crippen LogP contribution in [0.3, 0.4) is 0 Å². The lowest BCUT2D eigenvalue weighted by Gasteiger charge is -2.58. The third-order valence-electron chi connectivity index (χ3n) is 19.1. The molecule has 0 bridgehead atoms. The molecule has 2 aromatic carbocycles. The van der Waals surface area contributed by atoms with E-state index in [2.05, 4.69) is 214 Å². The van der Waals surface area contributed by atoms with E-state index in [0.717, 1.165) is 78.1 Å². The molecule has 4 rings (SSSR count). The van der Waals surface area contributed by atoms with Crippen molar-refractivity contribution in [3.8, 4) is 0 Å². The van der Waals surface area contributed by atoms with Crippen LogP contribution >= 0.6 is 22.6 Å². The number of ether oxygens (including phenoxy) is 3. The average Bonchev–Trinajstić information content (AvgIpc) is 3.38. The summed E-state index contributed by atoms with van der Waals surface area (Å²) in [6.45, 7) is 45.5. The standard InChI is InChI=1S/C59H109IO8Si5/c1-21-70(22-2,23-3)66-53-47(11)54(63-52(45-60)55(53)67-71(24-4,25-5)26-6)56(68-72(27-7,28-8)29-9)59(61-18)44-51(65-69(19,20)57(12,13)14)46(10)50(64-59)42-36-37-43-62-73(58(15,16)17,48-38-32-30-33-39-48)49-40-34-31-35-41-49/h30-35,38-41,46-47,50-56H,21-29,36-37,42-45H2,1-20H3/t46-,47+,50+,51-,52+,53+,54+,55+,56-,59+/m0/s1. The maximum absolute atomic E-state index is 8.03. The van der Waals surface area contributed by atoms with Crippen molar-refractivity contribution in [2.45, 2.75) is 269 Å². The van der Waals surface area contributed by atoms with Crippen LogP contribution in [0, 0.1) is 11.8 Å². The van der Waals surface area contributed by atoms with E-state index in [4.69, 9.17) is 36.3 Å². The molecule has 0 radical (unpaired) electrons. The van der Waals surface area contributed by atoms with Gasteiger partial charge in [0.25, 0.3) is 8.32 Å². The molecule has 420 valence electrons.